The number of benzene rings is 2. The monoisotopic (exact) mass is 430 g/mol. The molecule has 0 fully saturated rings. The van der Waals surface area contributed by atoms with Gasteiger partial charge < -0.3 is 4.90 Å². The number of fused-ring (bicyclic) bond motifs is 5. The van der Waals surface area contributed by atoms with E-state index in [1.54, 1.807) is 16.7 Å². The molecule has 0 aliphatic heterocycles. The molecule has 29 heavy (non-hydrogen) atoms. The second-order valence-electron chi connectivity index (χ2n) is 7.14. The molecule has 2 aromatic carbocycles. The molecule has 3 heterocycles. The van der Waals surface area contributed by atoms with Crippen molar-refractivity contribution in [1.29, 1.82) is 0 Å². The standard InChI is InChI=1S/C21H18N4O2.2ClH/c1-23(2)10-11-24-20(26)15-5-3-4-14-18-16-12-22-9-8-13(16)6-7-17(18)25(19(14)15)21(24)27;;/h3-9,12H,10-11H2,1-2H3;2*1H. The normalized spacial score (nSPS) is 11.4. The minimum Gasteiger partial charge on any atom is -0.308 e. The van der Waals surface area contributed by atoms with Crippen LogP contribution in [-0.2, 0) is 6.54 Å². The molecule has 0 amide bonds. The zero-order chi connectivity index (χ0) is 18.7. The number of para-hydroxylation sites is 1. The van der Waals surface area contributed by atoms with Crippen molar-refractivity contribution < 1.29 is 0 Å². The van der Waals surface area contributed by atoms with E-state index in [9.17, 15) is 9.59 Å². The molecular formula is C21H20Cl2N4O2. The van der Waals surface area contributed by atoms with Crippen LogP contribution in [0, 0.1) is 0 Å². The van der Waals surface area contributed by atoms with Crippen LogP contribution in [-0.4, -0.2) is 39.5 Å². The highest BCUT2D eigenvalue weighted by molar-refractivity contribution is 6.23. The summed E-state index contributed by atoms with van der Waals surface area (Å²) >= 11 is 0. The van der Waals surface area contributed by atoms with Crippen LogP contribution in [0.2, 0.25) is 0 Å². The van der Waals surface area contributed by atoms with E-state index < -0.39 is 0 Å². The number of aromatic nitrogens is 3. The van der Waals surface area contributed by atoms with Gasteiger partial charge in [0.2, 0.25) is 0 Å². The molecule has 0 radical (unpaired) electrons. The third-order valence-corrected chi connectivity index (χ3v) is 5.24. The average Bonchev–Trinajstić information content (AvgIpc) is 3.01. The van der Waals surface area contributed by atoms with Gasteiger partial charge in [-0.15, -0.1) is 24.8 Å². The van der Waals surface area contributed by atoms with Gasteiger partial charge in [0.05, 0.1) is 16.4 Å². The minimum atomic E-state index is -0.288. The van der Waals surface area contributed by atoms with Crippen LogP contribution in [0.3, 0.4) is 0 Å². The van der Waals surface area contributed by atoms with Gasteiger partial charge in [-0.05, 0) is 37.7 Å². The van der Waals surface area contributed by atoms with Crippen LogP contribution in [0.15, 0.2) is 58.4 Å². The summed E-state index contributed by atoms with van der Waals surface area (Å²) in [6.45, 7) is 0.976. The van der Waals surface area contributed by atoms with Crippen molar-refractivity contribution in [3.63, 3.8) is 0 Å². The number of nitrogens with zero attached hydrogens (tertiary/aromatic N) is 4. The zero-order valence-corrected chi connectivity index (χ0v) is 17.6. The van der Waals surface area contributed by atoms with Gasteiger partial charge in [-0.25, -0.2) is 4.79 Å². The first-order valence-electron chi connectivity index (χ1n) is 8.88. The van der Waals surface area contributed by atoms with Crippen LogP contribution in [0.25, 0.3) is 38.0 Å². The number of hydrogen-bond acceptors (Lipinski definition) is 4. The Morgan fingerprint density at radius 3 is 2.48 bits per heavy atom. The molecule has 8 heteroatoms. The summed E-state index contributed by atoms with van der Waals surface area (Å²) in [5, 5.41) is 4.49. The van der Waals surface area contributed by atoms with E-state index >= 15 is 0 Å². The fraction of sp³-hybridized carbons (Fsp3) is 0.190. The molecule has 0 bridgehead atoms. The van der Waals surface area contributed by atoms with E-state index in [1.807, 2.05) is 55.5 Å². The number of likely N-dealkylation sites (N-methyl/N-ethyl adjacent to an activating group) is 1. The maximum Gasteiger partial charge on any atom is 0.336 e. The number of pyridine rings is 1. The zero-order valence-electron chi connectivity index (χ0n) is 16.0. The second-order valence-corrected chi connectivity index (χ2v) is 7.14. The quantitative estimate of drug-likeness (QED) is 0.441. The van der Waals surface area contributed by atoms with Crippen molar-refractivity contribution in [3.8, 4) is 0 Å². The predicted octanol–water partition coefficient (Wildman–Crippen LogP) is 3.16. The third-order valence-electron chi connectivity index (χ3n) is 5.24. The van der Waals surface area contributed by atoms with Crippen LogP contribution >= 0.6 is 24.8 Å². The van der Waals surface area contributed by atoms with Crippen molar-refractivity contribution in [3.05, 3.63) is 69.6 Å². The van der Waals surface area contributed by atoms with Gasteiger partial charge >= 0.3 is 5.69 Å². The summed E-state index contributed by atoms with van der Waals surface area (Å²) in [6.07, 6.45) is 3.58. The third kappa shape index (κ3) is 2.95. The molecule has 0 atom stereocenters. The molecule has 0 spiro atoms. The van der Waals surface area contributed by atoms with Crippen molar-refractivity contribution in [2.24, 2.45) is 0 Å². The van der Waals surface area contributed by atoms with Crippen LogP contribution < -0.4 is 11.2 Å². The molecule has 0 aliphatic rings. The topological polar surface area (TPSA) is 59.6 Å². The highest BCUT2D eigenvalue weighted by Crippen LogP contribution is 2.34. The summed E-state index contributed by atoms with van der Waals surface area (Å²) < 4.78 is 3.03. The SMILES string of the molecule is CN(C)CCn1c(=O)c2cccc3c4c5cnccc5ccc4n(c1=O)c23.Cl.Cl. The fourth-order valence-corrected chi connectivity index (χ4v) is 3.95. The summed E-state index contributed by atoms with van der Waals surface area (Å²) in [4.78, 5) is 32.5. The molecule has 150 valence electrons. The molecule has 0 saturated carbocycles. The summed E-state index contributed by atoms with van der Waals surface area (Å²) in [6, 6.07) is 11.6. The van der Waals surface area contributed by atoms with Gasteiger partial charge in [0.25, 0.3) is 5.56 Å². The highest BCUT2D eigenvalue weighted by atomic mass is 35.5. The van der Waals surface area contributed by atoms with E-state index in [2.05, 4.69) is 4.98 Å². The van der Waals surface area contributed by atoms with Gasteiger partial charge in [-0.1, -0.05) is 18.2 Å². The average molecular weight is 431 g/mol. The lowest BCUT2D eigenvalue weighted by Gasteiger charge is -2.12. The number of halogens is 2. The van der Waals surface area contributed by atoms with Crippen molar-refractivity contribution >= 4 is 62.8 Å². The van der Waals surface area contributed by atoms with E-state index in [0.29, 0.717) is 24.0 Å². The Morgan fingerprint density at radius 1 is 0.966 bits per heavy atom. The molecule has 0 saturated heterocycles. The second kappa shape index (κ2) is 7.63. The molecule has 3 aromatic heterocycles. The highest BCUT2D eigenvalue weighted by Gasteiger charge is 2.19. The molecular weight excluding hydrogens is 411 g/mol. The maximum atomic E-state index is 13.3. The minimum absolute atomic E-state index is 0. The Hall–Kier alpha value is -2.67. The molecule has 5 rings (SSSR count). The molecule has 0 unspecified atom stereocenters. The lowest BCUT2D eigenvalue weighted by molar-refractivity contribution is 0.376. The Morgan fingerprint density at radius 2 is 1.72 bits per heavy atom. The Bertz CT molecular complexity index is 1460. The largest absolute Gasteiger partial charge is 0.336 e. The smallest absolute Gasteiger partial charge is 0.308 e. The van der Waals surface area contributed by atoms with Crippen molar-refractivity contribution in [2.75, 3.05) is 20.6 Å². The molecule has 0 N–H and O–H groups in total. The lowest BCUT2D eigenvalue weighted by atomic mass is 10.1. The van der Waals surface area contributed by atoms with E-state index in [4.69, 9.17) is 0 Å². The Labute approximate surface area is 178 Å². The van der Waals surface area contributed by atoms with Gasteiger partial charge in [-0.2, -0.15) is 0 Å². The van der Waals surface area contributed by atoms with Crippen molar-refractivity contribution in [1.82, 2.24) is 18.9 Å². The molecule has 5 aromatic rings. The van der Waals surface area contributed by atoms with E-state index in [1.165, 1.54) is 4.57 Å². The number of hydrogen-bond donors (Lipinski definition) is 0. The van der Waals surface area contributed by atoms with Gasteiger partial charge in [-0.3, -0.25) is 18.7 Å². The first-order chi connectivity index (χ1) is 13.1. The van der Waals surface area contributed by atoms with Crippen LogP contribution in [0.5, 0.6) is 0 Å². The van der Waals surface area contributed by atoms with Gasteiger partial charge in [0, 0.05) is 41.6 Å². The Balaban J connectivity index is 0.00000120. The van der Waals surface area contributed by atoms with E-state index in [-0.39, 0.29) is 36.1 Å². The predicted molar refractivity (Wildman–Crippen MR) is 122 cm³/mol. The van der Waals surface area contributed by atoms with Gasteiger partial charge in [0.1, 0.15) is 0 Å². The summed E-state index contributed by atoms with van der Waals surface area (Å²) in [5.41, 5.74) is 0.985. The summed E-state index contributed by atoms with van der Waals surface area (Å²) in [7, 11) is 3.85. The first kappa shape index (κ1) is 21.0. The molecule has 6 nitrogen and oxygen atoms in total. The summed E-state index contributed by atoms with van der Waals surface area (Å²) in [5.74, 6) is 0. The van der Waals surface area contributed by atoms with E-state index in [0.717, 1.165) is 27.1 Å². The van der Waals surface area contributed by atoms with Crippen molar-refractivity contribution in [2.45, 2.75) is 6.54 Å². The van der Waals surface area contributed by atoms with Gasteiger partial charge in [0.15, 0.2) is 0 Å². The fourth-order valence-electron chi connectivity index (χ4n) is 3.95. The Kier molecular flexibility index (Phi) is 5.54. The number of rotatable bonds is 3. The maximum absolute atomic E-state index is 13.3. The van der Waals surface area contributed by atoms with Crippen LogP contribution in [0.1, 0.15) is 0 Å². The van der Waals surface area contributed by atoms with Crippen LogP contribution in [0.4, 0.5) is 0 Å². The lowest BCUT2D eigenvalue weighted by Crippen LogP contribution is -2.39. The molecule has 0 aliphatic carbocycles. The first-order valence-corrected chi connectivity index (χ1v) is 8.88.